The van der Waals surface area contributed by atoms with Crippen LogP contribution in [0, 0.1) is 12.3 Å². The van der Waals surface area contributed by atoms with Crippen molar-refractivity contribution < 1.29 is 28.6 Å². The van der Waals surface area contributed by atoms with Crippen molar-refractivity contribution in [1.29, 1.82) is 0 Å². The van der Waals surface area contributed by atoms with E-state index in [9.17, 15) is 14.4 Å². The van der Waals surface area contributed by atoms with E-state index in [0.717, 1.165) is 34.9 Å². The molecule has 2 atom stereocenters. The number of terminal acetylenes is 1. The van der Waals surface area contributed by atoms with Gasteiger partial charge in [0.2, 0.25) is 5.91 Å². The number of methoxy groups -OCH3 is 1. The second-order valence-electron chi connectivity index (χ2n) is 11.4. The SMILES string of the molecule is C#CCOCc1c(-c2ccc([B]C)cc2)nc(C2CCCN2C(=O)C(CC=O)NC(=O)OC)n1COCC[Si](C)(C)C. The van der Waals surface area contributed by atoms with Crippen LogP contribution in [0.5, 0.6) is 0 Å². The summed E-state index contributed by atoms with van der Waals surface area (Å²) in [6, 6.07) is 7.65. The molecule has 1 fully saturated rings. The van der Waals surface area contributed by atoms with E-state index in [4.69, 9.17) is 20.9 Å². The molecule has 12 heteroatoms. The van der Waals surface area contributed by atoms with Gasteiger partial charge in [-0.15, -0.1) is 6.42 Å². The Morgan fingerprint density at radius 3 is 2.62 bits per heavy atom. The van der Waals surface area contributed by atoms with Crippen molar-refractivity contribution in [2.75, 3.05) is 26.9 Å². The van der Waals surface area contributed by atoms with Gasteiger partial charge in [0.15, 0.2) is 0 Å². The molecule has 2 aromatic rings. The molecule has 42 heavy (non-hydrogen) atoms. The standard InChI is InChI=1S/C30H42BN4O6Si/c1-7-17-40-20-26-27(22-10-12-23(31-2)13-11-22)33-28(35(26)21-41-18-19-42(4,5)6)25-9-8-15-34(25)29(37)24(14-16-36)32-30(38)39-3/h1,10-13,16,24-25H,8-9,14-15,17-21H2,2-6H3,(H,32,38). The molecule has 0 bridgehead atoms. The number of rotatable bonds is 15. The number of nitrogens with one attached hydrogen (secondary N) is 1. The van der Waals surface area contributed by atoms with Gasteiger partial charge in [0.05, 0.1) is 31.1 Å². The summed E-state index contributed by atoms with van der Waals surface area (Å²) >= 11 is 0. The highest BCUT2D eigenvalue weighted by molar-refractivity contribution is 6.76. The lowest BCUT2D eigenvalue weighted by Crippen LogP contribution is -2.48. The lowest BCUT2D eigenvalue weighted by molar-refractivity contribution is -0.135. The van der Waals surface area contributed by atoms with Crippen LogP contribution in [0.4, 0.5) is 4.79 Å². The number of benzene rings is 1. The molecule has 2 unspecified atom stereocenters. The summed E-state index contributed by atoms with van der Waals surface area (Å²) < 4.78 is 18.7. The van der Waals surface area contributed by atoms with Crippen LogP contribution >= 0.6 is 0 Å². The molecule has 1 aliphatic rings. The van der Waals surface area contributed by atoms with E-state index in [2.05, 4.69) is 35.6 Å². The summed E-state index contributed by atoms with van der Waals surface area (Å²) in [5.41, 5.74) is 3.53. The van der Waals surface area contributed by atoms with Crippen LogP contribution in [0.25, 0.3) is 11.3 Å². The maximum atomic E-state index is 13.7. The zero-order chi connectivity index (χ0) is 30.7. The van der Waals surface area contributed by atoms with Gasteiger partial charge >= 0.3 is 6.09 Å². The van der Waals surface area contributed by atoms with E-state index in [1.807, 2.05) is 42.9 Å². The number of likely N-dealkylation sites (tertiary alicyclic amines) is 1. The number of carbonyl (C=O) groups excluding carboxylic acids is 3. The van der Waals surface area contributed by atoms with Crippen LogP contribution in [0.2, 0.25) is 32.5 Å². The smallest absolute Gasteiger partial charge is 0.407 e. The first kappa shape index (κ1) is 33.1. The highest BCUT2D eigenvalue weighted by atomic mass is 28.3. The molecule has 0 spiro atoms. The van der Waals surface area contributed by atoms with Gasteiger partial charge in [0.25, 0.3) is 0 Å². The van der Waals surface area contributed by atoms with E-state index in [1.54, 1.807) is 4.90 Å². The number of imidazole rings is 1. The molecule has 225 valence electrons. The van der Waals surface area contributed by atoms with Gasteiger partial charge in [0.1, 0.15) is 38.8 Å². The molecule has 1 N–H and O–H groups in total. The van der Waals surface area contributed by atoms with Crippen LogP contribution in [0.15, 0.2) is 24.3 Å². The van der Waals surface area contributed by atoms with Gasteiger partial charge in [-0.25, -0.2) is 9.78 Å². The number of carbonyl (C=O) groups is 3. The third-order valence-electron chi connectivity index (χ3n) is 7.20. The Balaban J connectivity index is 2.06. The van der Waals surface area contributed by atoms with E-state index in [-0.39, 0.29) is 32.3 Å². The summed E-state index contributed by atoms with van der Waals surface area (Å²) in [7, 11) is 1.92. The van der Waals surface area contributed by atoms with Gasteiger partial charge < -0.3 is 33.8 Å². The van der Waals surface area contributed by atoms with E-state index >= 15 is 0 Å². The predicted octanol–water partition coefficient (Wildman–Crippen LogP) is 3.37. The van der Waals surface area contributed by atoms with Gasteiger partial charge in [-0.1, -0.05) is 62.1 Å². The number of hydrogen-bond donors (Lipinski definition) is 1. The van der Waals surface area contributed by atoms with Crippen LogP contribution in [-0.4, -0.2) is 81.0 Å². The molecular formula is C30H42BN4O6Si. The summed E-state index contributed by atoms with van der Waals surface area (Å²) in [6.07, 6.45) is 6.56. The Kier molecular flexibility index (Phi) is 12.4. The first-order valence-electron chi connectivity index (χ1n) is 14.3. The molecule has 2 heterocycles. The van der Waals surface area contributed by atoms with E-state index in [1.165, 1.54) is 7.11 Å². The lowest BCUT2D eigenvalue weighted by atomic mass is 9.73. The minimum Gasteiger partial charge on any atom is -0.453 e. The second kappa shape index (κ2) is 15.7. The van der Waals surface area contributed by atoms with Crippen LogP contribution in [0.1, 0.15) is 36.8 Å². The summed E-state index contributed by atoms with van der Waals surface area (Å²) in [6.45, 7) is 10.5. The zero-order valence-corrected chi connectivity index (χ0v) is 26.4. The van der Waals surface area contributed by atoms with Gasteiger partial charge in [-0.2, -0.15) is 0 Å². The summed E-state index contributed by atoms with van der Waals surface area (Å²) in [4.78, 5) is 43.8. The maximum absolute atomic E-state index is 13.7. The highest BCUT2D eigenvalue weighted by Crippen LogP contribution is 2.36. The quantitative estimate of drug-likeness (QED) is 0.146. The van der Waals surface area contributed by atoms with Gasteiger partial charge in [0, 0.05) is 33.2 Å². The van der Waals surface area contributed by atoms with Gasteiger partial charge in [-0.05, 0) is 18.9 Å². The molecular weight excluding hydrogens is 551 g/mol. The van der Waals surface area contributed by atoms with Crippen molar-refractivity contribution in [1.82, 2.24) is 19.8 Å². The number of hydrogen-bond acceptors (Lipinski definition) is 7. The normalized spacial score (nSPS) is 15.6. The monoisotopic (exact) mass is 593 g/mol. The topological polar surface area (TPSA) is 112 Å². The lowest BCUT2D eigenvalue weighted by Gasteiger charge is -2.29. The highest BCUT2D eigenvalue weighted by Gasteiger charge is 2.38. The number of nitrogens with zero attached hydrogens (tertiary/aromatic N) is 3. The van der Waals surface area contributed by atoms with E-state index in [0.29, 0.717) is 31.7 Å². The molecule has 0 aliphatic carbocycles. The average molecular weight is 594 g/mol. The molecule has 1 saturated heterocycles. The average Bonchev–Trinajstić information content (AvgIpc) is 3.59. The largest absolute Gasteiger partial charge is 0.453 e. The fraction of sp³-hybridized carbons (Fsp3) is 0.533. The van der Waals surface area contributed by atoms with Crippen molar-refractivity contribution >= 4 is 39.1 Å². The molecule has 0 saturated carbocycles. The fourth-order valence-corrected chi connectivity index (χ4v) is 5.63. The first-order valence-corrected chi connectivity index (χ1v) is 18.0. The third-order valence-corrected chi connectivity index (χ3v) is 8.91. The van der Waals surface area contributed by atoms with Crippen molar-refractivity contribution in [2.24, 2.45) is 0 Å². The van der Waals surface area contributed by atoms with Crippen molar-refractivity contribution in [3.05, 3.63) is 35.8 Å². The zero-order valence-electron chi connectivity index (χ0n) is 25.4. The minimum atomic E-state index is -1.32. The predicted molar refractivity (Wildman–Crippen MR) is 165 cm³/mol. The number of aldehydes is 1. The van der Waals surface area contributed by atoms with Crippen LogP contribution in [0.3, 0.4) is 0 Å². The molecule has 1 aromatic carbocycles. The first-order chi connectivity index (χ1) is 20.1. The van der Waals surface area contributed by atoms with Gasteiger partial charge in [-0.3, -0.25) is 4.79 Å². The van der Waals surface area contributed by atoms with Crippen LogP contribution in [-0.2, 0) is 37.1 Å². The number of amides is 2. The van der Waals surface area contributed by atoms with Crippen LogP contribution < -0.4 is 10.8 Å². The van der Waals surface area contributed by atoms with Crippen molar-refractivity contribution in [3.63, 3.8) is 0 Å². The molecule has 10 nitrogen and oxygen atoms in total. The maximum Gasteiger partial charge on any atom is 0.407 e. The Bertz CT molecular complexity index is 1250. The second-order valence-corrected chi connectivity index (χ2v) is 17.1. The van der Waals surface area contributed by atoms with E-state index < -0.39 is 26.3 Å². The molecule has 1 aromatic heterocycles. The molecule has 1 aliphatic heterocycles. The summed E-state index contributed by atoms with van der Waals surface area (Å²) in [5, 5.41) is 2.50. The summed E-state index contributed by atoms with van der Waals surface area (Å²) in [5.74, 6) is 2.82. The Hall–Kier alpha value is -3.40. The minimum absolute atomic E-state index is 0.140. The number of alkyl carbamates (subject to hydrolysis) is 1. The molecule has 2 amide bonds. The third kappa shape index (κ3) is 8.80. The van der Waals surface area contributed by atoms with Crippen molar-refractivity contribution in [2.45, 2.75) is 77.2 Å². The Labute approximate surface area is 250 Å². The molecule has 1 radical (unpaired) electrons. The molecule has 3 rings (SSSR count). The Morgan fingerprint density at radius 1 is 1.26 bits per heavy atom. The van der Waals surface area contributed by atoms with Crippen molar-refractivity contribution in [3.8, 4) is 23.6 Å². The Morgan fingerprint density at radius 2 is 2.00 bits per heavy atom. The number of aromatic nitrogens is 2. The number of ether oxygens (including phenoxy) is 3. The fourth-order valence-electron chi connectivity index (χ4n) is 4.87.